The molecule has 16 N–H and O–H groups in total. The minimum Gasteiger partial charge on any atom is -0.321 e. The SMILES string of the molecule is NS(=O)(=O)c1ccccc1-c1ccc(C(=O)Nc2ccncc2C(=O)Nc2ccc(Br)cn2)cc1.NS(=O)(=O)c1ccccc1-c1ccc(C(=O)Nc2ccncc2C(=O)Nc2ccc(Cl)cn2)cc1.NS(=O)(=O)c1ccccc1-c1ccc(C(=O)Nc2cnccc2C(=O)Nc2ccc(Br)cn2)cc1.NS(=O)(=O)c1ccccc1-c1ccc(C(=O)Nc2cnccc2C(=O)Nc2ccc(Cl)cn2)cc1. The van der Waals surface area contributed by atoms with E-state index in [0.717, 1.165) is 8.95 Å². The second-order valence-corrected chi connectivity index (χ2v) is 38.1. The van der Waals surface area contributed by atoms with Crippen LogP contribution in [0, 0.1) is 0 Å². The molecule has 0 saturated carbocycles. The number of halogens is 4. The van der Waals surface area contributed by atoms with Gasteiger partial charge in [-0.05, 0) is 200 Å². The Labute approximate surface area is 825 Å². The summed E-state index contributed by atoms with van der Waals surface area (Å²) in [6, 6.07) is 69.6. The van der Waals surface area contributed by atoms with Gasteiger partial charge in [-0.1, -0.05) is 145 Å². The molecule has 0 saturated heterocycles. The minimum absolute atomic E-state index is 0.00935. The molecule has 0 unspecified atom stereocenters. The van der Waals surface area contributed by atoms with Crippen LogP contribution in [0.3, 0.4) is 0 Å². The fourth-order valence-electron chi connectivity index (χ4n) is 13.1. The van der Waals surface area contributed by atoms with E-state index in [1.54, 1.807) is 231 Å². The Balaban J connectivity index is 0.000000157. The van der Waals surface area contributed by atoms with Crippen molar-refractivity contribution in [3.05, 3.63) is 405 Å². The molecule has 44 heteroatoms. The predicted octanol–water partition coefficient (Wildman–Crippen LogP) is 16.0. The zero-order chi connectivity index (χ0) is 100. The molecule has 0 aliphatic rings. The van der Waals surface area contributed by atoms with E-state index >= 15 is 0 Å². The highest BCUT2D eigenvalue weighted by molar-refractivity contribution is 9.10. The summed E-state index contributed by atoms with van der Waals surface area (Å²) in [6.07, 6.45) is 17.1. The van der Waals surface area contributed by atoms with Gasteiger partial charge >= 0.3 is 0 Å². The van der Waals surface area contributed by atoms with Crippen LogP contribution in [0.2, 0.25) is 10.0 Å². The summed E-state index contributed by atoms with van der Waals surface area (Å²) in [4.78, 5) is 134. The molecular weight excluding hydrogens is 2050 g/mol. The van der Waals surface area contributed by atoms with Crippen LogP contribution in [-0.2, 0) is 40.1 Å². The number of hydrogen-bond donors (Lipinski definition) is 12. The molecule has 0 bridgehead atoms. The van der Waals surface area contributed by atoms with E-state index in [0.29, 0.717) is 88.7 Å². The van der Waals surface area contributed by atoms with E-state index in [1.165, 1.54) is 110 Å². The maximum Gasteiger partial charge on any atom is 0.260 e. The Kier molecular flexibility index (Phi) is 33.1. The number of anilines is 8. The number of pyridine rings is 8. The third kappa shape index (κ3) is 27.2. The molecule has 0 radical (unpaired) electrons. The summed E-state index contributed by atoms with van der Waals surface area (Å²) in [5.41, 5.74) is 6.81. The summed E-state index contributed by atoms with van der Waals surface area (Å²) in [6.45, 7) is 0. The number of primary sulfonamides is 4. The summed E-state index contributed by atoms with van der Waals surface area (Å²) in [7, 11) is -15.7. The Hall–Kier alpha value is -16.1. The number of nitrogens with zero attached hydrogens (tertiary/aromatic N) is 8. The third-order valence-corrected chi connectivity index (χ3v) is 25.0. The molecule has 140 heavy (non-hydrogen) atoms. The lowest BCUT2D eigenvalue weighted by Crippen LogP contribution is -2.19. The van der Waals surface area contributed by atoms with Crippen LogP contribution in [0.4, 0.5) is 46.0 Å². The molecule has 16 rings (SSSR count). The van der Waals surface area contributed by atoms with Gasteiger partial charge in [0, 0.05) is 115 Å². The van der Waals surface area contributed by atoms with Crippen molar-refractivity contribution in [3.8, 4) is 44.5 Å². The molecule has 0 aliphatic carbocycles. The molecular formula is C96H72Br2Cl2N20O16S4. The molecule has 8 aromatic carbocycles. The van der Waals surface area contributed by atoms with Gasteiger partial charge in [0.2, 0.25) is 40.1 Å². The lowest BCUT2D eigenvalue weighted by atomic mass is 10.0. The second-order valence-electron chi connectivity index (χ2n) is 29.2. The Morgan fingerprint density at radius 2 is 0.471 bits per heavy atom. The Bertz CT molecular complexity index is 6960. The van der Waals surface area contributed by atoms with Crippen molar-refractivity contribution >= 4 is 188 Å². The van der Waals surface area contributed by atoms with Gasteiger partial charge < -0.3 is 42.5 Å². The van der Waals surface area contributed by atoms with Crippen LogP contribution in [0.5, 0.6) is 0 Å². The molecule has 0 atom stereocenters. The number of carbonyl (C=O) groups is 8. The summed E-state index contributed by atoms with van der Waals surface area (Å²) in [5.74, 6) is -2.57. The molecule has 36 nitrogen and oxygen atoms in total. The molecule has 8 heterocycles. The number of sulfonamides is 4. The number of carbonyl (C=O) groups excluding carboxylic acids is 8. The predicted molar refractivity (Wildman–Crippen MR) is 536 cm³/mol. The fraction of sp³-hybridized carbons (Fsp3) is 0. The first kappa shape index (κ1) is 101. The van der Waals surface area contributed by atoms with Crippen LogP contribution in [0.15, 0.2) is 370 Å². The summed E-state index contributed by atoms with van der Waals surface area (Å²) in [5, 5.41) is 43.5. The van der Waals surface area contributed by atoms with Gasteiger partial charge in [0.1, 0.15) is 23.3 Å². The van der Waals surface area contributed by atoms with Crippen LogP contribution < -0.4 is 63.1 Å². The molecule has 0 spiro atoms. The normalized spacial score (nSPS) is 11.0. The maximum atomic E-state index is 12.9. The molecule has 0 aliphatic heterocycles. The van der Waals surface area contributed by atoms with Gasteiger partial charge in [-0.25, -0.2) is 74.2 Å². The number of hydrogen-bond acceptors (Lipinski definition) is 24. The van der Waals surface area contributed by atoms with Gasteiger partial charge in [0.05, 0.1) is 87.0 Å². The van der Waals surface area contributed by atoms with Crippen LogP contribution in [0.1, 0.15) is 82.9 Å². The van der Waals surface area contributed by atoms with E-state index < -0.39 is 87.4 Å². The summed E-state index contributed by atoms with van der Waals surface area (Å²) >= 11 is 18.2. The lowest BCUT2D eigenvalue weighted by Gasteiger charge is -2.12. The van der Waals surface area contributed by atoms with E-state index in [9.17, 15) is 72.0 Å². The highest BCUT2D eigenvalue weighted by atomic mass is 79.9. The first-order valence-electron chi connectivity index (χ1n) is 40.5. The van der Waals surface area contributed by atoms with Crippen molar-refractivity contribution in [1.82, 2.24) is 39.9 Å². The van der Waals surface area contributed by atoms with E-state index in [-0.39, 0.29) is 76.0 Å². The monoisotopic (exact) mass is 2120 g/mol. The number of benzene rings is 8. The van der Waals surface area contributed by atoms with Crippen molar-refractivity contribution in [2.45, 2.75) is 19.6 Å². The molecule has 8 aromatic heterocycles. The van der Waals surface area contributed by atoms with Crippen molar-refractivity contribution < 1.29 is 72.0 Å². The smallest absolute Gasteiger partial charge is 0.260 e. The van der Waals surface area contributed by atoms with Crippen LogP contribution >= 0.6 is 55.1 Å². The molecule has 704 valence electrons. The quantitative estimate of drug-likeness (QED) is 0.0267. The number of nitrogens with two attached hydrogens (primary N) is 4. The highest BCUT2D eigenvalue weighted by Gasteiger charge is 2.25. The van der Waals surface area contributed by atoms with Crippen molar-refractivity contribution in [3.63, 3.8) is 0 Å². The van der Waals surface area contributed by atoms with Gasteiger partial charge in [-0.2, -0.15) is 0 Å². The maximum absolute atomic E-state index is 12.9. The fourth-order valence-corrected chi connectivity index (χ4v) is 16.8. The highest BCUT2D eigenvalue weighted by Crippen LogP contribution is 2.34. The van der Waals surface area contributed by atoms with Crippen molar-refractivity contribution in [2.24, 2.45) is 20.6 Å². The average Bonchev–Trinajstić information content (AvgIpc) is 0.785. The van der Waals surface area contributed by atoms with Gasteiger partial charge in [0.25, 0.3) is 47.3 Å². The Morgan fingerprint density at radius 3 is 0.721 bits per heavy atom. The van der Waals surface area contributed by atoms with Crippen molar-refractivity contribution in [1.29, 1.82) is 0 Å². The van der Waals surface area contributed by atoms with Crippen LogP contribution in [-0.4, -0.2) is 121 Å². The number of rotatable bonds is 24. The second kappa shape index (κ2) is 45.7. The topological polar surface area (TPSA) is 577 Å². The zero-order valence-electron chi connectivity index (χ0n) is 71.9. The largest absolute Gasteiger partial charge is 0.321 e. The van der Waals surface area contributed by atoms with E-state index in [2.05, 4.69) is 114 Å². The molecule has 0 fully saturated rings. The Morgan fingerprint density at radius 1 is 0.236 bits per heavy atom. The standard InChI is InChI=1S/2C24H18BrN5O4S.2C24H18ClN5O4S/c25-17-9-10-22(28-13-17)30-24(32)19-14-27-12-11-20(19)29-23(31)16-7-5-15(6-8-16)18-3-1-2-4-21(18)35(26,33)34;25-17-9-10-22(28-13-17)30-24(32)19-11-12-27-14-20(19)29-23(31)16-7-5-15(6-8-16)18-3-1-2-4-21(18)35(26,33)34;25-17-9-10-22(28-13-17)30-24(32)19-14-27-12-11-20(19)29-23(31)16-7-5-15(6-8-16)18-3-1-2-4-21(18)35(26,33)34;25-17-9-10-22(28-13-17)30-24(32)19-11-12-27-14-20(19)29-23(31)16-7-5-15(6-8-16)18-3-1-2-4-21(18)35(26,33)34/h1-14H,(H2,26,33,34)(H,27,29,31)(H,28,30,32);1-14H,(H,29,31)(H2,26,33,34)(H,28,30,32);1-14H,(H2,26,33,34)(H,27,29,31)(H,28,30,32);1-14H,(H,29,31)(H2,26,33,34)(H,28,30,32). The van der Waals surface area contributed by atoms with Crippen molar-refractivity contribution in [2.75, 3.05) is 42.5 Å². The van der Waals surface area contributed by atoms with E-state index in [4.69, 9.17) is 43.8 Å². The third-order valence-electron chi connectivity index (χ3n) is 19.7. The summed E-state index contributed by atoms with van der Waals surface area (Å²) < 4.78 is 96.7. The lowest BCUT2D eigenvalue weighted by molar-refractivity contribution is 0.101. The van der Waals surface area contributed by atoms with Gasteiger partial charge in [-0.3, -0.25) is 58.3 Å². The molecule has 8 amide bonds. The van der Waals surface area contributed by atoms with Gasteiger partial charge in [0.15, 0.2) is 0 Å². The number of nitrogens with one attached hydrogen (secondary N) is 8. The number of amides is 8. The first-order valence-corrected chi connectivity index (χ1v) is 49.0. The van der Waals surface area contributed by atoms with E-state index in [1.807, 2.05) is 0 Å². The van der Waals surface area contributed by atoms with Crippen LogP contribution in [0.25, 0.3) is 44.5 Å². The minimum atomic E-state index is -3.92. The molecule has 16 aromatic rings. The zero-order valence-corrected chi connectivity index (χ0v) is 79.8. The number of aromatic nitrogens is 8. The first-order chi connectivity index (χ1) is 66.9. The average molecular weight is 2120 g/mol. The van der Waals surface area contributed by atoms with Gasteiger partial charge in [-0.15, -0.1) is 0 Å².